The predicted octanol–water partition coefficient (Wildman–Crippen LogP) is 4.55. The van der Waals surface area contributed by atoms with Gasteiger partial charge in [-0.1, -0.05) is 29.8 Å². The van der Waals surface area contributed by atoms with Crippen LogP contribution in [0.3, 0.4) is 0 Å². The molecule has 0 saturated carbocycles. The average Bonchev–Trinajstić information content (AvgIpc) is 2.52. The summed E-state index contributed by atoms with van der Waals surface area (Å²) in [4.78, 5) is 11.6. The summed E-state index contributed by atoms with van der Waals surface area (Å²) in [6, 6.07) is 6.54. The Morgan fingerprint density at radius 2 is 1.96 bits per heavy atom. The second-order valence-electron chi connectivity index (χ2n) is 5.38. The quantitative estimate of drug-likeness (QED) is 0.802. The number of esters is 1. The predicted molar refractivity (Wildman–Crippen MR) is 89.7 cm³/mol. The lowest BCUT2D eigenvalue weighted by Crippen LogP contribution is -2.19. The highest BCUT2D eigenvalue weighted by molar-refractivity contribution is 6.34. The van der Waals surface area contributed by atoms with E-state index in [-0.39, 0.29) is 34.7 Å². The van der Waals surface area contributed by atoms with Crippen molar-refractivity contribution in [3.05, 3.63) is 58.1 Å². The molecule has 0 spiro atoms. The molecule has 0 saturated heterocycles. The first-order chi connectivity index (χ1) is 11.4. The number of benzene rings is 2. The van der Waals surface area contributed by atoms with Crippen LogP contribution >= 0.6 is 11.6 Å². The summed E-state index contributed by atoms with van der Waals surface area (Å²) in [5.74, 6) is -1.62. The number of rotatable bonds is 5. The fraction of sp³-hybridized carbons (Fsp3) is 0.278. The number of halogens is 3. The lowest BCUT2D eigenvalue weighted by molar-refractivity contribution is -0.143. The van der Waals surface area contributed by atoms with Crippen LogP contribution in [-0.4, -0.2) is 12.6 Å². The van der Waals surface area contributed by atoms with Crippen molar-refractivity contribution in [3.8, 4) is 11.1 Å². The minimum Gasteiger partial charge on any atom is -0.466 e. The molecule has 0 aliphatic rings. The minimum atomic E-state index is -0.984. The Hall–Kier alpha value is -1.98. The molecule has 0 bridgehead atoms. The highest BCUT2D eigenvalue weighted by atomic mass is 35.5. The molecule has 0 aromatic heterocycles. The number of ether oxygens (including phenoxy) is 1. The van der Waals surface area contributed by atoms with Crippen LogP contribution in [0.1, 0.15) is 30.5 Å². The smallest absolute Gasteiger partial charge is 0.307 e. The van der Waals surface area contributed by atoms with E-state index in [4.69, 9.17) is 22.1 Å². The Balaban J connectivity index is 2.53. The summed E-state index contributed by atoms with van der Waals surface area (Å²) in [7, 11) is 0. The summed E-state index contributed by atoms with van der Waals surface area (Å²) < 4.78 is 33.4. The lowest BCUT2D eigenvalue weighted by atomic mass is 9.94. The third-order valence-corrected chi connectivity index (χ3v) is 4.05. The summed E-state index contributed by atoms with van der Waals surface area (Å²) >= 11 is 6.31. The van der Waals surface area contributed by atoms with Gasteiger partial charge in [0.15, 0.2) is 0 Å². The van der Waals surface area contributed by atoms with Crippen LogP contribution in [0.25, 0.3) is 11.1 Å². The van der Waals surface area contributed by atoms with Gasteiger partial charge in [-0.15, -0.1) is 0 Å². The molecule has 6 heteroatoms. The molecule has 0 amide bonds. The maximum absolute atomic E-state index is 14.5. The Kier molecular flexibility index (Phi) is 5.91. The number of aryl methyl sites for hydroxylation is 1. The number of hydrogen-bond acceptors (Lipinski definition) is 3. The zero-order chi connectivity index (χ0) is 17.9. The normalized spacial score (nSPS) is 12.1. The molecule has 3 nitrogen and oxygen atoms in total. The van der Waals surface area contributed by atoms with E-state index >= 15 is 0 Å². The van der Waals surface area contributed by atoms with Crippen LogP contribution in [0.4, 0.5) is 8.78 Å². The Morgan fingerprint density at radius 3 is 2.58 bits per heavy atom. The van der Waals surface area contributed by atoms with Crippen molar-refractivity contribution in [2.45, 2.75) is 26.3 Å². The highest BCUT2D eigenvalue weighted by Gasteiger charge is 2.24. The molecule has 1 unspecified atom stereocenters. The molecule has 2 aromatic carbocycles. The van der Waals surface area contributed by atoms with Crippen LogP contribution in [0, 0.1) is 18.6 Å². The maximum Gasteiger partial charge on any atom is 0.307 e. The van der Waals surface area contributed by atoms with E-state index in [1.165, 1.54) is 19.1 Å². The number of hydrogen-bond donors (Lipinski definition) is 1. The van der Waals surface area contributed by atoms with Crippen LogP contribution in [-0.2, 0) is 9.53 Å². The monoisotopic (exact) mass is 353 g/mol. The summed E-state index contributed by atoms with van der Waals surface area (Å²) in [5.41, 5.74) is 6.80. The van der Waals surface area contributed by atoms with Gasteiger partial charge in [0.05, 0.1) is 18.1 Å². The van der Waals surface area contributed by atoms with E-state index < -0.39 is 23.6 Å². The van der Waals surface area contributed by atoms with Gasteiger partial charge in [-0.2, -0.15) is 0 Å². The SMILES string of the molecule is CCOC(=O)CC(N)c1c(F)c(C)cc(-c2ccccc2F)c1Cl. The molecule has 0 aliphatic carbocycles. The van der Waals surface area contributed by atoms with Crippen molar-refractivity contribution in [1.29, 1.82) is 0 Å². The van der Waals surface area contributed by atoms with E-state index in [0.717, 1.165) is 0 Å². The van der Waals surface area contributed by atoms with Crippen molar-refractivity contribution in [2.24, 2.45) is 5.73 Å². The van der Waals surface area contributed by atoms with Gasteiger partial charge in [0, 0.05) is 22.7 Å². The fourth-order valence-corrected chi connectivity index (χ4v) is 2.88. The molecule has 0 heterocycles. The second kappa shape index (κ2) is 7.73. The molecule has 0 fully saturated rings. The first kappa shape index (κ1) is 18.4. The largest absolute Gasteiger partial charge is 0.466 e. The lowest BCUT2D eigenvalue weighted by Gasteiger charge is -2.18. The summed E-state index contributed by atoms with van der Waals surface area (Å²) in [6.45, 7) is 3.41. The first-order valence-corrected chi connectivity index (χ1v) is 7.89. The van der Waals surface area contributed by atoms with E-state index in [0.29, 0.717) is 5.56 Å². The van der Waals surface area contributed by atoms with Crippen LogP contribution < -0.4 is 5.73 Å². The Labute approximate surface area is 144 Å². The van der Waals surface area contributed by atoms with E-state index in [2.05, 4.69) is 0 Å². The molecule has 0 radical (unpaired) electrons. The Bertz CT molecular complexity index is 765. The molecule has 0 aliphatic heterocycles. The standard InChI is InChI=1S/C18H18ClF2NO2/c1-3-24-15(23)9-14(22)16-17(19)12(8-10(2)18(16)21)11-6-4-5-7-13(11)20/h4-8,14H,3,9,22H2,1-2H3. The fourth-order valence-electron chi connectivity index (χ4n) is 2.50. The molecule has 24 heavy (non-hydrogen) atoms. The number of carbonyl (C=O) groups is 1. The van der Waals surface area contributed by atoms with Crippen molar-refractivity contribution in [3.63, 3.8) is 0 Å². The van der Waals surface area contributed by atoms with Gasteiger partial charge < -0.3 is 10.5 Å². The van der Waals surface area contributed by atoms with Gasteiger partial charge in [0.1, 0.15) is 11.6 Å². The van der Waals surface area contributed by atoms with Gasteiger partial charge in [-0.3, -0.25) is 4.79 Å². The van der Waals surface area contributed by atoms with Crippen molar-refractivity contribution >= 4 is 17.6 Å². The third kappa shape index (κ3) is 3.74. The summed E-state index contributed by atoms with van der Waals surface area (Å²) in [6.07, 6.45) is -0.218. The summed E-state index contributed by atoms with van der Waals surface area (Å²) in [5, 5.41) is -0.00000142. The zero-order valence-corrected chi connectivity index (χ0v) is 14.2. The molecule has 2 N–H and O–H groups in total. The van der Waals surface area contributed by atoms with Crippen LogP contribution in [0.5, 0.6) is 0 Å². The van der Waals surface area contributed by atoms with E-state index in [9.17, 15) is 13.6 Å². The molecular formula is C18H18ClF2NO2. The number of carbonyl (C=O) groups excluding carboxylic acids is 1. The molecule has 2 rings (SSSR count). The van der Waals surface area contributed by atoms with Crippen molar-refractivity contribution < 1.29 is 18.3 Å². The molecule has 128 valence electrons. The van der Waals surface area contributed by atoms with Crippen molar-refractivity contribution in [2.75, 3.05) is 6.61 Å². The maximum atomic E-state index is 14.5. The first-order valence-electron chi connectivity index (χ1n) is 7.51. The van der Waals surface area contributed by atoms with Gasteiger partial charge in [-0.25, -0.2) is 8.78 Å². The second-order valence-corrected chi connectivity index (χ2v) is 5.76. The van der Waals surface area contributed by atoms with Crippen LogP contribution in [0.15, 0.2) is 30.3 Å². The van der Waals surface area contributed by atoms with E-state index in [1.807, 2.05) is 0 Å². The highest BCUT2D eigenvalue weighted by Crippen LogP contribution is 2.38. The molecule has 2 aromatic rings. The Morgan fingerprint density at radius 1 is 1.29 bits per heavy atom. The zero-order valence-electron chi connectivity index (χ0n) is 13.4. The van der Waals surface area contributed by atoms with Gasteiger partial charge in [-0.05, 0) is 31.5 Å². The van der Waals surface area contributed by atoms with Gasteiger partial charge in [0.2, 0.25) is 0 Å². The average molecular weight is 354 g/mol. The van der Waals surface area contributed by atoms with Crippen molar-refractivity contribution in [1.82, 2.24) is 0 Å². The van der Waals surface area contributed by atoms with Crippen LogP contribution in [0.2, 0.25) is 5.02 Å². The molecule has 1 atom stereocenters. The van der Waals surface area contributed by atoms with E-state index in [1.54, 1.807) is 25.1 Å². The number of nitrogens with two attached hydrogens (primary N) is 1. The third-order valence-electron chi connectivity index (χ3n) is 3.64. The topological polar surface area (TPSA) is 52.3 Å². The van der Waals surface area contributed by atoms with Gasteiger partial charge in [0.25, 0.3) is 0 Å². The minimum absolute atomic E-state index is 0.00000142. The van der Waals surface area contributed by atoms with Gasteiger partial charge >= 0.3 is 5.97 Å². The molecular weight excluding hydrogens is 336 g/mol.